The molecule has 1 aliphatic heterocycles. The molecule has 0 aliphatic carbocycles. The number of alkyl halides is 1. The van der Waals surface area contributed by atoms with Gasteiger partial charge in [-0.3, -0.25) is 0 Å². The van der Waals surface area contributed by atoms with Crippen LogP contribution in [-0.4, -0.2) is 31.3 Å². The van der Waals surface area contributed by atoms with Gasteiger partial charge in [0.25, 0.3) is 0 Å². The highest BCUT2D eigenvalue weighted by Gasteiger charge is 2.26. The highest BCUT2D eigenvalue weighted by molar-refractivity contribution is 4.87. The summed E-state index contributed by atoms with van der Waals surface area (Å²) in [6.45, 7) is 5.33. The molecule has 3 heteroatoms. The van der Waals surface area contributed by atoms with Crippen LogP contribution in [-0.2, 0) is 0 Å². The van der Waals surface area contributed by atoms with Crippen LogP contribution in [0.15, 0.2) is 0 Å². The highest BCUT2D eigenvalue weighted by Crippen LogP contribution is 2.04. The Hall–Kier alpha value is -0.150. The van der Waals surface area contributed by atoms with E-state index in [9.17, 15) is 4.39 Å². The molecule has 0 amide bonds. The number of halogens is 1. The summed E-state index contributed by atoms with van der Waals surface area (Å²) in [5.74, 6) is 0. The highest BCUT2D eigenvalue weighted by atomic mass is 19.1. The van der Waals surface area contributed by atoms with E-state index in [-0.39, 0.29) is 6.04 Å². The fourth-order valence-electron chi connectivity index (χ4n) is 1.24. The van der Waals surface area contributed by atoms with Crippen molar-refractivity contribution in [1.29, 1.82) is 0 Å². The van der Waals surface area contributed by atoms with Crippen LogP contribution in [0.5, 0.6) is 0 Å². The Morgan fingerprint density at radius 3 is 2.60 bits per heavy atom. The van der Waals surface area contributed by atoms with Crippen LogP contribution in [0, 0.1) is 0 Å². The Morgan fingerprint density at radius 2 is 2.20 bits per heavy atom. The monoisotopic (exact) mass is 146 g/mol. The second-order valence-electron chi connectivity index (χ2n) is 3.10. The van der Waals surface area contributed by atoms with E-state index in [1.807, 2.05) is 13.8 Å². The average molecular weight is 146 g/mol. The predicted molar refractivity (Wildman–Crippen MR) is 39.8 cm³/mol. The molecule has 2 N–H and O–H groups in total. The van der Waals surface area contributed by atoms with E-state index < -0.39 is 6.17 Å². The summed E-state index contributed by atoms with van der Waals surface area (Å²) in [6.07, 6.45) is -0.706. The number of rotatable bonds is 2. The lowest BCUT2D eigenvalue weighted by Gasteiger charge is -2.16. The first-order chi connectivity index (χ1) is 4.70. The molecule has 1 rings (SSSR count). The summed E-state index contributed by atoms with van der Waals surface area (Å²) >= 11 is 0. The van der Waals surface area contributed by atoms with Crippen molar-refractivity contribution in [3.8, 4) is 0 Å². The van der Waals surface area contributed by atoms with Crippen LogP contribution in [0.25, 0.3) is 0 Å². The van der Waals surface area contributed by atoms with Crippen molar-refractivity contribution in [3.05, 3.63) is 0 Å². The van der Waals surface area contributed by atoms with Gasteiger partial charge in [0.05, 0.1) is 6.04 Å². The zero-order valence-corrected chi connectivity index (χ0v) is 6.52. The summed E-state index contributed by atoms with van der Waals surface area (Å²) < 4.78 is 12.8. The van der Waals surface area contributed by atoms with E-state index in [2.05, 4.69) is 10.6 Å². The van der Waals surface area contributed by atoms with Gasteiger partial charge in [0.2, 0.25) is 0 Å². The number of nitrogens with one attached hydrogen (secondary N) is 2. The van der Waals surface area contributed by atoms with Gasteiger partial charge < -0.3 is 10.6 Å². The quantitative estimate of drug-likeness (QED) is 0.585. The van der Waals surface area contributed by atoms with Crippen LogP contribution in [0.1, 0.15) is 13.8 Å². The molecule has 1 heterocycles. The van der Waals surface area contributed by atoms with Gasteiger partial charge in [-0.25, -0.2) is 4.39 Å². The van der Waals surface area contributed by atoms with E-state index in [1.165, 1.54) is 0 Å². The summed E-state index contributed by atoms with van der Waals surface area (Å²) in [5.41, 5.74) is 0. The van der Waals surface area contributed by atoms with Crippen molar-refractivity contribution in [1.82, 2.24) is 10.6 Å². The van der Waals surface area contributed by atoms with Gasteiger partial charge in [-0.1, -0.05) is 13.8 Å². The van der Waals surface area contributed by atoms with Gasteiger partial charge in [0.15, 0.2) is 0 Å². The first-order valence-electron chi connectivity index (χ1n) is 3.81. The molecule has 2 nitrogen and oxygen atoms in total. The van der Waals surface area contributed by atoms with Crippen LogP contribution in [0.4, 0.5) is 4.39 Å². The lowest BCUT2D eigenvalue weighted by atomic mass is 10.2. The van der Waals surface area contributed by atoms with Gasteiger partial charge in [0, 0.05) is 19.1 Å². The fraction of sp³-hybridized carbons (Fsp3) is 1.00. The maximum atomic E-state index is 12.8. The molecule has 60 valence electrons. The zero-order valence-electron chi connectivity index (χ0n) is 6.52. The molecular formula is C7H15FN2. The van der Waals surface area contributed by atoms with Gasteiger partial charge >= 0.3 is 0 Å². The van der Waals surface area contributed by atoms with Crippen molar-refractivity contribution in [2.45, 2.75) is 32.1 Å². The maximum Gasteiger partial charge on any atom is 0.129 e. The minimum atomic E-state index is -0.706. The molecule has 0 spiro atoms. The van der Waals surface area contributed by atoms with Crippen LogP contribution < -0.4 is 10.6 Å². The van der Waals surface area contributed by atoms with E-state index in [1.54, 1.807) is 0 Å². The van der Waals surface area contributed by atoms with Gasteiger partial charge in [0.1, 0.15) is 6.17 Å². The molecule has 0 saturated carbocycles. The average Bonchev–Trinajstić information content (AvgIpc) is 2.15. The molecule has 0 aromatic rings. The maximum absolute atomic E-state index is 12.8. The van der Waals surface area contributed by atoms with Gasteiger partial charge in [-0.2, -0.15) is 0 Å². The molecule has 1 saturated heterocycles. The van der Waals surface area contributed by atoms with E-state index >= 15 is 0 Å². The van der Waals surface area contributed by atoms with E-state index in [4.69, 9.17) is 0 Å². The Kier molecular flexibility index (Phi) is 2.63. The predicted octanol–water partition coefficient (Wildman–Crippen LogP) is 0.294. The van der Waals surface area contributed by atoms with Crippen LogP contribution >= 0.6 is 0 Å². The zero-order chi connectivity index (χ0) is 7.56. The standard InChI is InChI=1S/C7H15FN2/c1-5(2)10-7-4-9-3-6(7)8/h5-7,9-10H,3-4H2,1-2H3/t6-,7+/m0/s1. The first-order valence-corrected chi connectivity index (χ1v) is 3.81. The minimum Gasteiger partial charge on any atom is -0.312 e. The third kappa shape index (κ3) is 1.92. The largest absolute Gasteiger partial charge is 0.312 e. The SMILES string of the molecule is CC(C)N[C@@H]1CNC[C@@H]1F. The lowest BCUT2D eigenvalue weighted by Crippen LogP contribution is -2.41. The van der Waals surface area contributed by atoms with Crippen LogP contribution in [0.2, 0.25) is 0 Å². The minimum absolute atomic E-state index is 0.0278. The Morgan fingerprint density at radius 1 is 1.50 bits per heavy atom. The molecule has 0 aromatic carbocycles. The van der Waals surface area contributed by atoms with Gasteiger partial charge in [-0.05, 0) is 0 Å². The molecule has 0 radical (unpaired) electrons. The molecule has 1 aliphatic rings. The Bertz CT molecular complexity index is 106. The first kappa shape index (κ1) is 7.95. The fourth-order valence-corrected chi connectivity index (χ4v) is 1.24. The third-order valence-electron chi connectivity index (χ3n) is 1.69. The van der Waals surface area contributed by atoms with Crippen LogP contribution in [0.3, 0.4) is 0 Å². The molecule has 0 aromatic heterocycles. The van der Waals surface area contributed by atoms with Crippen molar-refractivity contribution in [2.75, 3.05) is 13.1 Å². The second-order valence-corrected chi connectivity index (χ2v) is 3.10. The lowest BCUT2D eigenvalue weighted by molar-refractivity contribution is 0.288. The van der Waals surface area contributed by atoms with Gasteiger partial charge in [-0.15, -0.1) is 0 Å². The van der Waals surface area contributed by atoms with Crippen molar-refractivity contribution < 1.29 is 4.39 Å². The second kappa shape index (κ2) is 3.30. The number of hydrogen-bond donors (Lipinski definition) is 2. The summed E-state index contributed by atoms with van der Waals surface area (Å²) in [6, 6.07) is 0.406. The van der Waals surface area contributed by atoms with Crippen molar-refractivity contribution in [3.63, 3.8) is 0 Å². The Labute approximate surface area is 61.2 Å². The number of hydrogen-bond acceptors (Lipinski definition) is 2. The van der Waals surface area contributed by atoms with E-state index in [0.29, 0.717) is 12.6 Å². The molecular weight excluding hydrogens is 131 g/mol. The van der Waals surface area contributed by atoms with E-state index in [0.717, 1.165) is 6.54 Å². The summed E-state index contributed by atoms with van der Waals surface area (Å²) in [5, 5.41) is 6.14. The molecule has 0 unspecified atom stereocenters. The molecule has 0 bridgehead atoms. The third-order valence-corrected chi connectivity index (χ3v) is 1.69. The molecule has 1 fully saturated rings. The smallest absolute Gasteiger partial charge is 0.129 e. The topological polar surface area (TPSA) is 24.1 Å². The summed E-state index contributed by atoms with van der Waals surface area (Å²) in [7, 11) is 0. The normalized spacial score (nSPS) is 33.6. The van der Waals surface area contributed by atoms with Crippen molar-refractivity contribution >= 4 is 0 Å². The molecule has 10 heavy (non-hydrogen) atoms. The molecule has 2 atom stereocenters. The Balaban J connectivity index is 2.26. The van der Waals surface area contributed by atoms with Crippen molar-refractivity contribution in [2.24, 2.45) is 0 Å². The summed E-state index contributed by atoms with van der Waals surface area (Å²) in [4.78, 5) is 0.